The molecule has 0 spiro atoms. The van der Waals surface area contributed by atoms with Crippen LogP contribution >= 0.6 is 0 Å². The number of aryl methyl sites for hydroxylation is 1. The lowest BCUT2D eigenvalue weighted by Gasteiger charge is -2.38. The van der Waals surface area contributed by atoms with Gasteiger partial charge in [0.1, 0.15) is 35.9 Å². The van der Waals surface area contributed by atoms with E-state index < -0.39 is 89.7 Å². The molecule has 68 heavy (non-hydrogen) atoms. The molecule has 3 aromatic heterocycles. The minimum atomic E-state index is -4.85. The average Bonchev–Trinajstić information content (AvgIpc) is 3.90. The van der Waals surface area contributed by atoms with Gasteiger partial charge < -0.3 is 41.0 Å². The van der Waals surface area contributed by atoms with Crippen LogP contribution in [-0.2, 0) is 44.1 Å². The first-order valence-corrected chi connectivity index (χ1v) is 21.5. The van der Waals surface area contributed by atoms with E-state index in [0.29, 0.717) is 51.7 Å². The van der Waals surface area contributed by atoms with Crippen molar-refractivity contribution in [1.29, 1.82) is 0 Å². The summed E-state index contributed by atoms with van der Waals surface area (Å²) in [5.74, 6) is -7.56. The number of halogens is 4. The number of carbonyl (C=O) groups excluding carboxylic acids is 4. The topological polar surface area (TPSA) is 257 Å². The molecule has 3 aliphatic rings. The van der Waals surface area contributed by atoms with Crippen molar-refractivity contribution in [2.45, 2.75) is 83.7 Å². The number of benzene rings is 3. The molecule has 0 unspecified atom stereocenters. The number of nitrogens with one attached hydrogen (secondary N) is 1. The minimum Gasteiger partial charge on any atom is -0.508 e. The van der Waals surface area contributed by atoms with Crippen molar-refractivity contribution in [3.63, 3.8) is 0 Å². The molecule has 21 heteroatoms. The number of rotatable bonds is 9. The summed E-state index contributed by atoms with van der Waals surface area (Å²) in [7, 11) is 0. The van der Waals surface area contributed by atoms with Crippen molar-refractivity contribution in [2.24, 2.45) is 11.5 Å². The zero-order valence-corrected chi connectivity index (χ0v) is 36.8. The Morgan fingerprint density at radius 3 is 2.47 bits per heavy atom. The van der Waals surface area contributed by atoms with Gasteiger partial charge in [0.05, 0.1) is 46.7 Å². The number of phenolic OH excluding ortho intramolecular Hbond substituents is 2. The quantitative estimate of drug-likeness (QED) is 0.0701. The van der Waals surface area contributed by atoms with Gasteiger partial charge in [-0.25, -0.2) is 14.2 Å². The molecule has 7 N–H and O–H groups in total. The van der Waals surface area contributed by atoms with Crippen LogP contribution in [0.5, 0.6) is 11.5 Å². The summed E-state index contributed by atoms with van der Waals surface area (Å²) < 4.78 is 69.0. The van der Waals surface area contributed by atoms with Gasteiger partial charge in [-0.05, 0) is 95.8 Å². The number of nitrogens with two attached hydrogens (primary N) is 2. The summed E-state index contributed by atoms with van der Waals surface area (Å²) in [6.07, 6.45) is -4.09. The van der Waals surface area contributed by atoms with E-state index in [1.165, 1.54) is 28.8 Å². The van der Waals surface area contributed by atoms with Crippen LogP contribution in [0.25, 0.3) is 39.4 Å². The third-order valence-electron chi connectivity index (χ3n) is 13.1. The molecule has 2 aliphatic heterocycles. The Morgan fingerprint density at radius 2 is 1.78 bits per heavy atom. The Balaban J connectivity index is 1.32. The second kappa shape index (κ2) is 16.4. The number of amides is 1. The van der Waals surface area contributed by atoms with Crippen molar-refractivity contribution in [2.75, 3.05) is 13.1 Å². The van der Waals surface area contributed by atoms with Crippen molar-refractivity contribution < 1.29 is 56.4 Å². The van der Waals surface area contributed by atoms with Gasteiger partial charge in [0.15, 0.2) is 5.82 Å². The van der Waals surface area contributed by atoms with Gasteiger partial charge in [0.25, 0.3) is 11.5 Å². The predicted molar refractivity (Wildman–Crippen MR) is 233 cm³/mol. The van der Waals surface area contributed by atoms with E-state index >= 15 is 4.39 Å². The number of alkyl halides is 3. The largest absolute Gasteiger partial charge is 0.508 e. The van der Waals surface area contributed by atoms with Crippen LogP contribution in [0.15, 0.2) is 47.3 Å². The second-order valence-electron chi connectivity index (χ2n) is 17.3. The van der Waals surface area contributed by atoms with Crippen molar-refractivity contribution >= 4 is 34.7 Å². The van der Waals surface area contributed by atoms with E-state index in [1.54, 1.807) is 39.1 Å². The van der Waals surface area contributed by atoms with Crippen LogP contribution < -0.4 is 22.3 Å². The average molecular weight is 939 g/mol. The zero-order valence-electron chi connectivity index (χ0n) is 36.8. The molecular weight excluding hydrogens is 897 g/mol. The SMILES string of the molecule is CC[C@]1(c2cc(-n3c(C(=O)NCC(F)(F)F)nnc3-c3cc(C(C)C)c(O)cc3O)ccc2C(=O)OC(=O)CN)C(=O)OCc2c1cc1n(c2=O)Cc2c-1nc1cc(F)c(C)c3c1c2[C@H](N)CC3. The molecule has 9 rings (SSSR count). The number of aromatic nitrogens is 5. The minimum absolute atomic E-state index is 0.00303. The maximum atomic E-state index is 15.4. The Labute approximate surface area is 382 Å². The Morgan fingerprint density at radius 1 is 1.03 bits per heavy atom. The molecule has 1 amide bonds. The molecule has 6 aromatic rings. The number of nitrogens with zero attached hydrogens (tertiary/aromatic N) is 5. The van der Waals surface area contributed by atoms with E-state index in [2.05, 4.69) is 10.2 Å². The highest BCUT2D eigenvalue weighted by Gasteiger charge is 2.51. The highest BCUT2D eigenvalue weighted by Crippen LogP contribution is 2.49. The number of phenols is 2. The Hall–Kier alpha value is -7.52. The van der Waals surface area contributed by atoms with Crippen LogP contribution in [0.2, 0.25) is 0 Å². The maximum absolute atomic E-state index is 15.4. The van der Waals surface area contributed by atoms with Crippen LogP contribution in [0.1, 0.15) is 111 Å². The van der Waals surface area contributed by atoms with E-state index in [0.717, 1.165) is 22.3 Å². The third kappa shape index (κ3) is 7.06. The first kappa shape index (κ1) is 45.6. The highest BCUT2D eigenvalue weighted by atomic mass is 19.4. The normalized spacial score (nSPS) is 17.2. The van der Waals surface area contributed by atoms with Crippen molar-refractivity contribution in [1.82, 2.24) is 29.6 Å². The van der Waals surface area contributed by atoms with E-state index in [9.17, 15) is 47.4 Å². The summed E-state index contributed by atoms with van der Waals surface area (Å²) in [5.41, 5.74) is 12.3. The van der Waals surface area contributed by atoms with E-state index in [-0.39, 0.29) is 64.1 Å². The molecule has 0 saturated heterocycles. The van der Waals surface area contributed by atoms with Crippen LogP contribution in [-0.4, -0.2) is 77.6 Å². The number of carbonyl (C=O) groups is 4. The number of ether oxygens (including phenoxy) is 2. The van der Waals surface area contributed by atoms with Crippen LogP contribution in [0.3, 0.4) is 0 Å². The summed E-state index contributed by atoms with van der Waals surface area (Å²) in [6.45, 7) is 3.74. The highest BCUT2D eigenvalue weighted by molar-refractivity contribution is 6.02. The fourth-order valence-corrected chi connectivity index (χ4v) is 9.80. The van der Waals surface area contributed by atoms with Gasteiger partial charge in [0.2, 0.25) is 5.82 Å². The maximum Gasteiger partial charge on any atom is 0.405 e. The van der Waals surface area contributed by atoms with E-state index in [4.69, 9.17) is 25.9 Å². The Bertz CT molecular complexity index is 3270. The molecule has 5 heterocycles. The van der Waals surface area contributed by atoms with E-state index in [1.807, 2.05) is 0 Å². The summed E-state index contributed by atoms with van der Waals surface area (Å²) in [6, 6.07) is 8.28. The molecule has 17 nitrogen and oxygen atoms in total. The molecule has 0 fully saturated rings. The number of cyclic esters (lactones) is 1. The van der Waals surface area contributed by atoms with Crippen LogP contribution in [0, 0.1) is 12.7 Å². The van der Waals surface area contributed by atoms with Gasteiger partial charge >= 0.3 is 24.1 Å². The predicted octanol–water partition coefficient (Wildman–Crippen LogP) is 5.29. The number of hydrogen-bond donors (Lipinski definition) is 5. The molecule has 0 bridgehead atoms. The van der Waals surface area contributed by atoms with Crippen molar-refractivity contribution in [3.8, 4) is 40.0 Å². The molecule has 1 aliphatic carbocycles. The van der Waals surface area contributed by atoms with Gasteiger partial charge in [-0.15, -0.1) is 10.2 Å². The second-order valence-corrected chi connectivity index (χ2v) is 17.3. The smallest absolute Gasteiger partial charge is 0.405 e. The first-order chi connectivity index (χ1) is 32.2. The summed E-state index contributed by atoms with van der Waals surface area (Å²) in [5, 5.41) is 32.3. The number of fused-ring (bicyclic) bond motifs is 5. The van der Waals surface area contributed by atoms with Crippen LogP contribution in [0.4, 0.5) is 17.6 Å². The lowest BCUT2D eigenvalue weighted by Crippen LogP contribution is -2.46. The lowest BCUT2D eigenvalue weighted by atomic mass is 9.68. The van der Waals surface area contributed by atoms with Gasteiger partial charge in [0, 0.05) is 34.8 Å². The number of esters is 3. The molecule has 352 valence electrons. The van der Waals surface area contributed by atoms with Crippen molar-refractivity contribution in [3.05, 3.63) is 115 Å². The number of hydrogen-bond acceptors (Lipinski definition) is 14. The van der Waals surface area contributed by atoms with Gasteiger partial charge in [-0.1, -0.05) is 20.8 Å². The monoisotopic (exact) mass is 938 g/mol. The summed E-state index contributed by atoms with van der Waals surface area (Å²) in [4.78, 5) is 74.7. The summed E-state index contributed by atoms with van der Waals surface area (Å²) >= 11 is 0. The molecule has 2 atom stereocenters. The molecular formula is C47H42F4N8O9. The number of aromatic hydroxyl groups is 2. The third-order valence-corrected chi connectivity index (χ3v) is 13.1. The number of pyridine rings is 2. The molecule has 0 radical (unpaired) electrons. The zero-order chi connectivity index (χ0) is 48.9. The standard InChI is InChI=1S/C47H42F4N8O9/c1-5-46(29-12-33-39-26(16-58(33)43(64)27(29)17-67-45(46)66)37-31(53)9-8-22-20(4)30(48)13-32(55-39)38(22)37)28-10-21(6-7-23(28)44(65)68-36(62)15-52)59-40(25-11-24(19(2)3)34(60)14-35(25)61)56-57-41(59)42(63)54-18-47(49,50)51/h6-7,10-14,19,31,60-61H,5,8-9,15-18,52-53H2,1-4H3,(H,54,63)/t31-,46-/m1/s1. The Kier molecular flexibility index (Phi) is 11.0. The molecule has 3 aromatic carbocycles. The molecule has 0 saturated carbocycles. The first-order valence-electron chi connectivity index (χ1n) is 21.5. The lowest BCUT2D eigenvalue weighted by molar-refractivity contribution is -0.152. The fourth-order valence-electron chi connectivity index (χ4n) is 9.80. The fraction of sp³-hybridized carbons (Fsp3) is 0.319. The van der Waals surface area contributed by atoms with Gasteiger partial charge in [-0.3, -0.25) is 23.7 Å². The van der Waals surface area contributed by atoms with Gasteiger partial charge in [-0.2, -0.15) is 13.2 Å².